The standard InChI is InChI=1S/C44H63N3O14S2/c1-54-41(50)33(15-9-17-38-56-23-24-57-38)19-20-37(48)34(46-43(52)60-29-31-11-5-3-6-12-31)21-27-62-63-28-22-35(47-44(53)61-30-32-13-7-4-8-14-32)40(49)45-36(42(51)55-2)16-10-18-39-58-25-26-59-39/h3-8,11-14,33-36,38-39,43,46,52H,9-10,15-30H2,1-2H3,(H,45,49)(H,47,53)/t33-,34+,35+,36+,43?/m1/s1. The normalized spacial score (nSPS) is 16.7. The van der Waals surface area contributed by atoms with Gasteiger partial charge in [0.15, 0.2) is 12.6 Å². The number of carbonyl (C=O) groups is 5. The summed E-state index contributed by atoms with van der Waals surface area (Å²) < 4.78 is 43.0. The highest BCUT2D eigenvalue weighted by Gasteiger charge is 2.29. The molecule has 0 aliphatic carbocycles. The highest BCUT2D eigenvalue weighted by molar-refractivity contribution is 8.76. The largest absolute Gasteiger partial charge is 0.469 e. The minimum Gasteiger partial charge on any atom is -0.469 e. The van der Waals surface area contributed by atoms with Crippen molar-refractivity contribution < 1.29 is 67.0 Å². The lowest BCUT2D eigenvalue weighted by Crippen LogP contribution is -2.52. The molecule has 63 heavy (non-hydrogen) atoms. The SMILES string of the molecule is COC(=O)[C@H](CCCC1OCCO1)CCC(=O)[C@H](CCSSCC[C@H](NC(=O)OCc1ccccc1)C(=O)N[C@@H](CCCC1OCCO1)C(=O)OC)NC(O)OCc1ccccc1. The Balaban J connectivity index is 1.32. The van der Waals surface area contributed by atoms with E-state index in [0.717, 1.165) is 11.1 Å². The van der Waals surface area contributed by atoms with Crippen molar-refractivity contribution in [3.05, 3.63) is 71.8 Å². The first-order valence-electron chi connectivity index (χ1n) is 21.4. The monoisotopic (exact) mass is 921 g/mol. The van der Waals surface area contributed by atoms with Crippen molar-refractivity contribution in [2.45, 2.75) is 115 Å². The Morgan fingerprint density at radius 1 is 0.667 bits per heavy atom. The van der Waals surface area contributed by atoms with Crippen LogP contribution in [-0.2, 0) is 70.3 Å². The number of alkyl carbamates (subject to hydrolysis) is 1. The average Bonchev–Trinajstić information content (AvgIpc) is 4.04. The third-order valence-corrected chi connectivity index (χ3v) is 12.7. The number of hydrogen-bond donors (Lipinski definition) is 4. The van der Waals surface area contributed by atoms with Crippen LogP contribution in [0.3, 0.4) is 0 Å². The van der Waals surface area contributed by atoms with Gasteiger partial charge in [0.25, 0.3) is 0 Å². The molecule has 2 saturated heterocycles. The summed E-state index contributed by atoms with van der Waals surface area (Å²) in [5.74, 6) is -1.43. The van der Waals surface area contributed by atoms with Crippen LogP contribution in [0.25, 0.3) is 0 Å². The van der Waals surface area contributed by atoms with Crippen molar-refractivity contribution in [1.29, 1.82) is 0 Å². The molecule has 4 N–H and O–H groups in total. The number of esters is 2. The molecule has 2 aromatic carbocycles. The predicted molar refractivity (Wildman–Crippen MR) is 235 cm³/mol. The van der Waals surface area contributed by atoms with Crippen molar-refractivity contribution in [2.24, 2.45) is 5.92 Å². The van der Waals surface area contributed by atoms with Crippen LogP contribution in [0.4, 0.5) is 4.79 Å². The molecule has 350 valence electrons. The molecule has 0 saturated carbocycles. The second-order valence-electron chi connectivity index (χ2n) is 14.9. The van der Waals surface area contributed by atoms with E-state index in [1.807, 2.05) is 60.7 Å². The van der Waals surface area contributed by atoms with Gasteiger partial charge in [-0.05, 0) is 68.9 Å². The van der Waals surface area contributed by atoms with E-state index in [1.165, 1.54) is 35.8 Å². The Morgan fingerprint density at radius 3 is 1.78 bits per heavy atom. The van der Waals surface area contributed by atoms with E-state index in [1.54, 1.807) is 0 Å². The molecule has 0 radical (unpaired) electrons. The van der Waals surface area contributed by atoms with E-state index in [0.29, 0.717) is 76.5 Å². The maximum atomic E-state index is 13.7. The smallest absolute Gasteiger partial charge is 0.408 e. The number of carbonyl (C=O) groups excluding carboxylic acids is 5. The van der Waals surface area contributed by atoms with Crippen LogP contribution in [0.2, 0.25) is 0 Å². The lowest BCUT2D eigenvalue weighted by molar-refractivity contribution is -0.147. The van der Waals surface area contributed by atoms with Crippen LogP contribution in [0.15, 0.2) is 60.7 Å². The molecule has 4 rings (SSSR count). The number of methoxy groups -OCH3 is 2. The topological polar surface area (TPSA) is 216 Å². The van der Waals surface area contributed by atoms with Crippen LogP contribution >= 0.6 is 21.6 Å². The van der Waals surface area contributed by atoms with Gasteiger partial charge in [-0.15, -0.1) is 0 Å². The fourth-order valence-corrected chi connectivity index (χ4v) is 8.98. The highest BCUT2D eigenvalue weighted by Crippen LogP contribution is 2.26. The molecule has 2 heterocycles. The number of aliphatic hydroxyl groups is 1. The average molecular weight is 922 g/mol. The Labute approximate surface area is 377 Å². The molecule has 2 aliphatic heterocycles. The molecule has 19 heteroatoms. The molecular formula is C44H63N3O14S2. The van der Waals surface area contributed by atoms with E-state index in [9.17, 15) is 29.1 Å². The molecule has 0 bridgehead atoms. The molecule has 0 aromatic heterocycles. The van der Waals surface area contributed by atoms with Crippen LogP contribution in [0.5, 0.6) is 0 Å². The zero-order valence-electron chi connectivity index (χ0n) is 36.1. The summed E-state index contributed by atoms with van der Waals surface area (Å²) >= 11 is 0. The summed E-state index contributed by atoms with van der Waals surface area (Å²) in [7, 11) is 5.45. The quantitative estimate of drug-likeness (QED) is 0.0263. The van der Waals surface area contributed by atoms with Crippen LogP contribution in [0.1, 0.15) is 75.3 Å². The van der Waals surface area contributed by atoms with Gasteiger partial charge in [0.05, 0.1) is 59.2 Å². The molecule has 2 amide bonds. The second kappa shape index (κ2) is 30.4. The van der Waals surface area contributed by atoms with E-state index >= 15 is 0 Å². The van der Waals surface area contributed by atoms with Gasteiger partial charge in [0, 0.05) is 17.9 Å². The molecular weight excluding hydrogens is 859 g/mol. The number of ether oxygens (including phenoxy) is 8. The van der Waals surface area contributed by atoms with E-state index in [4.69, 9.17) is 37.9 Å². The van der Waals surface area contributed by atoms with Crippen molar-refractivity contribution in [2.75, 3.05) is 52.2 Å². The Morgan fingerprint density at radius 2 is 1.21 bits per heavy atom. The van der Waals surface area contributed by atoms with Gasteiger partial charge in [-0.3, -0.25) is 19.7 Å². The van der Waals surface area contributed by atoms with Crippen LogP contribution in [0, 0.1) is 5.92 Å². The molecule has 17 nitrogen and oxygen atoms in total. The van der Waals surface area contributed by atoms with Crippen molar-refractivity contribution in [1.82, 2.24) is 16.0 Å². The number of benzene rings is 2. The van der Waals surface area contributed by atoms with E-state index in [2.05, 4.69) is 16.0 Å². The number of rotatable bonds is 31. The number of ketones is 1. The molecule has 2 fully saturated rings. The first-order valence-corrected chi connectivity index (χ1v) is 23.9. The Kier molecular flexibility index (Phi) is 25.0. The summed E-state index contributed by atoms with van der Waals surface area (Å²) in [4.78, 5) is 65.6. The maximum Gasteiger partial charge on any atom is 0.408 e. The van der Waals surface area contributed by atoms with Gasteiger partial charge >= 0.3 is 18.0 Å². The third kappa shape index (κ3) is 20.7. The van der Waals surface area contributed by atoms with Crippen LogP contribution < -0.4 is 16.0 Å². The van der Waals surface area contributed by atoms with Crippen molar-refractivity contribution >= 4 is 51.3 Å². The van der Waals surface area contributed by atoms with Crippen LogP contribution in [-0.4, -0.2) is 124 Å². The summed E-state index contributed by atoms with van der Waals surface area (Å²) in [6, 6.07) is 15.6. The third-order valence-electron chi connectivity index (χ3n) is 10.3. The van der Waals surface area contributed by atoms with Gasteiger partial charge in [0.1, 0.15) is 24.5 Å². The van der Waals surface area contributed by atoms with E-state index < -0.39 is 54.4 Å². The minimum absolute atomic E-state index is 0.00372. The predicted octanol–water partition coefficient (Wildman–Crippen LogP) is 4.78. The number of aliphatic hydroxyl groups excluding tert-OH is 1. The second-order valence-corrected chi connectivity index (χ2v) is 17.6. The first-order chi connectivity index (χ1) is 30.6. The first kappa shape index (κ1) is 51.8. The minimum atomic E-state index is -1.44. The molecule has 2 aliphatic rings. The Bertz CT molecular complexity index is 1640. The summed E-state index contributed by atoms with van der Waals surface area (Å²) in [5, 5.41) is 19.1. The molecule has 1 unspecified atom stereocenters. The molecule has 0 spiro atoms. The number of Topliss-reactive ketones (excluding diaryl/α,β-unsaturated/α-hetero) is 1. The summed E-state index contributed by atoms with van der Waals surface area (Å²) in [6.45, 7) is 2.20. The van der Waals surface area contributed by atoms with Gasteiger partial charge in [-0.2, -0.15) is 0 Å². The summed E-state index contributed by atoms with van der Waals surface area (Å²) in [5.41, 5.74) is 1.62. The summed E-state index contributed by atoms with van der Waals surface area (Å²) in [6.07, 6.45) is 1.04. The number of nitrogens with one attached hydrogen (secondary N) is 3. The van der Waals surface area contributed by atoms with E-state index in [-0.39, 0.29) is 57.3 Å². The lowest BCUT2D eigenvalue weighted by Gasteiger charge is -2.23. The highest BCUT2D eigenvalue weighted by atomic mass is 33.1. The van der Waals surface area contributed by atoms with Crippen molar-refractivity contribution in [3.8, 4) is 0 Å². The zero-order valence-corrected chi connectivity index (χ0v) is 37.7. The molecule has 5 atom stereocenters. The van der Waals surface area contributed by atoms with Crippen molar-refractivity contribution in [3.63, 3.8) is 0 Å². The van der Waals surface area contributed by atoms with Gasteiger partial charge in [0.2, 0.25) is 12.3 Å². The fraction of sp³-hybridized carbons (Fsp3) is 0.614. The fourth-order valence-electron chi connectivity index (χ4n) is 6.80. The molecule has 2 aromatic rings. The maximum absolute atomic E-state index is 13.7. The lowest BCUT2D eigenvalue weighted by atomic mass is 9.93. The zero-order chi connectivity index (χ0) is 45.1. The van der Waals surface area contributed by atoms with Gasteiger partial charge < -0.3 is 53.6 Å². The Hall–Kier alpha value is -3.79. The number of amides is 2. The van der Waals surface area contributed by atoms with Gasteiger partial charge in [-0.25, -0.2) is 9.59 Å². The number of hydrogen-bond acceptors (Lipinski definition) is 17. The van der Waals surface area contributed by atoms with Gasteiger partial charge in [-0.1, -0.05) is 82.3 Å².